The minimum atomic E-state index is -0.115. The highest BCUT2D eigenvalue weighted by atomic mass is 19.1. The van der Waals surface area contributed by atoms with Gasteiger partial charge in [0.05, 0.1) is 12.2 Å². The highest BCUT2D eigenvalue weighted by Crippen LogP contribution is 2.48. The van der Waals surface area contributed by atoms with Crippen LogP contribution in [-0.4, -0.2) is 50.8 Å². The first-order valence-electron chi connectivity index (χ1n) is 11.5. The van der Waals surface area contributed by atoms with Crippen molar-refractivity contribution in [2.45, 2.75) is 50.9 Å². The van der Waals surface area contributed by atoms with Crippen molar-refractivity contribution >= 4 is 5.69 Å². The van der Waals surface area contributed by atoms with E-state index in [0.29, 0.717) is 11.8 Å². The molecule has 2 aliphatic heterocycles. The average molecular weight is 414 g/mol. The van der Waals surface area contributed by atoms with Gasteiger partial charge in [-0.3, -0.25) is 0 Å². The van der Waals surface area contributed by atoms with E-state index >= 15 is 0 Å². The van der Waals surface area contributed by atoms with Crippen LogP contribution >= 0.6 is 0 Å². The lowest BCUT2D eigenvalue weighted by Crippen LogP contribution is -2.48. The summed E-state index contributed by atoms with van der Waals surface area (Å²) in [5, 5.41) is 7.37. The maximum absolute atomic E-state index is 13.5. The largest absolute Gasteiger partial charge is 0.381 e. The molecule has 3 aliphatic rings. The molecule has 0 radical (unpaired) electrons. The number of nitrogens with one attached hydrogen (secondary N) is 2. The molecule has 5 heteroatoms. The minimum absolute atomic E-state index is 0.108. The molecule has 4 nitrogen and oxygen atoms in total. The Bertz CT molecular complexity index is 791. The van der Waals surface area contributed by atoms with Crippen molar-refractivity contribution in [1.29, 1.82) is 0 Å². The summed E-state index contributed by atoms with van der Waals surface area (Å²) in [5.41, 5.74) is 3.84. The van der Waals surface area contributed by atoms with E-state index in [-0.39, 0.29) is 24.1 Å². The minimum Gasteiger partial charge on any atom is -0.381 e. The third-order valence-corrected chi connectivity index (χ3v) is 6.82. The highest BCUT2D eigenvalue weighted by molar-refractivity contribution is 5.57. The molecule has 30 heavy (non-hydrogen) atoms. The Hall–Kier alpha value is -1.69. The standard InChI is InChI=1S/C25H36FN3O/c1-4-17-5-12-23-22(15-17)25-21(24(28-23)18-6-8-19(26)9-7-18)11-10-20(30-25)16-27-13-14-29(2)3/h5-6,8-9,12,15,18,20-21,24-25,27-28H,4,7,10-11,13-14,16H2,1-3H3/t18?,20-,21+,24+,25+/m1/s1. The molecular weight excluding hydrogens is 377 g/mol. The molecule has 4 rings (SSSR count). The molecule has 1 saturated heterocycles. The maximum Gasteiger partial charge on any atom is 0.118 e. The fraction of sp³-hybridized carbons (Fsp3) is 0.600. The summed E-state index contributed by atoms with van der Waals surface area (Å²) >= 11 is 0. The third kappa shape index (κ3) is 4.79. The average Bonchev–Trinajstić information content (AvgIpc) is 2.76. The normalized spacial score (nSPS) is 30.4. The molecule has 2 heterocycles. The van der Waals surface area contributed by atoms with Crippen LogP contribution in [0.2, 0.25) is 0 Å². The van der Waals surface area contributed by atoms with Gasteiger partial charge in [-0.15, -0.1) is 0 Å². The predicted octanol–water partition coefficient (Wildman–Crippen LogP) is 4.46. The number of likely N-dealkylation sites (N-methyl/N-ethyl adjacent to an activating group) is 1. The van der Waals surface area contributed by atoms with Gasteiger partial charge in [-0.2, -0.15) is 0 Å². The summed E-state index contributed by atoms with van der Waals surface area (Å²) in [7, 11) is 4.20. The fourth-order valence-electron chi connectivity index (χ4n) is 5.08. The van der Waals surface area contributed by atoms with E-state index in [2.05, 4.69) is 54.8 Å². The summed E-state index contributed by atoms with van der Waals surface area (Å²) in [5.74, 6) is 0.594. The second-order valence-corrected chi connectivity index (χ2v) is 9.22. The molecule has 1 aromatic rings. The van der Waals surface area contributed by atoms with Gasteiger partial charge in [0.15, 0.2) is 0 Å². The molecule has 2 N–H and O–H groups in total. The monoisotopic (exact) mass is 413 g/mol. The number of benzene rings is 1. The molecule has 1 aliphatic carbocycles. The Morgan fingerprint density at radius 2 is 2.13 bits per heavy atom. The van der Waals surface area contributed by atoms with Gasteiger partial charge in [0.1, 0.15) is 5.83 Å². The molecule has 1 aromatic carbocycles. The summed E-state index contributed by atoms with van der Waals surface area (Å²) in [6.07, 6.45) is 9.72. The lowest BCUT2D eigenvalue weighted by molar-refractivity contribution is -0.0939. The third-order valence-electron chi connectivity index (χ3n) is 6.82. The maximum atomic E-state index is 13.5. The quantitative estimate of drug-likeness (QED) is 0.647. The van der Waals surface area contributed by atoms with Gasteiger partial charge >= 0.3 is 0 Å². The van der Waals surface area contributed by atoms with Crippen molar-refractivity contribution in [3.05, 3.63) is 53.4 Å². The number of aryl methyl sites for hydroxylation is 1. The molecule has 0 saturated carbocycles. The number of hydrogen-bond acceptors (Lipinski definition) is 4. The van der Waals surface area contributed by atoms with Gasteiger partial charge in [0.2, 0.25) is 0 Å². The van der Waals surface area contributed by atoms with Crippen LogP contribution in [-0.2, 0) is 11.2 Å². The van der Waals surface area contributed by atoms with Gasteiger partial charge in [-0.1, -0.05) is 25.1 Å². The van der Waals surface area contributed by atoms with Crippen molar-refractivity contribution in [2.24, 2.45) is 11.8 Å². The second-order valence-electron chi connectivity index (χ2n) is 9.22. The zero-order valence-electron chi connectivity index (χ0n) is 18.5. The van der Waals surface area contributed by atoms with Gasteiger partial charge in [-0.05, 0) is 63.6 Å². The summed E-state index contributed by atoms with van der Waals surface area (Å²) < 4.78 is 20.3. The number of halogens is 1. The fourth-order valence-corrected chi connectivity index (χ4v) is 5.08. The molecule has 0 amide bonds. The number of anilines is 1. The topological polar surface area (TPSA) is 36.5 Å². The molecule has 1 fully saturated rings. The van der Waals surface area contributed by atoms with Crippen LogP contribution in [0, 0.1) is 11.8 Å². The van der Waals surface area contributed by atoms with E-state index < -0.39 is 0 Å². The number of ether oxygens (including phenoxy) is 1. The molecule has 1 unspecified atom stereocenters. The van der Waals surface area contributed by atoms with E-state index in [4.69, 9.17) is 4.74 Å². The van der Waals surface area contributed by atoms with E-state index in [1.807, 2.05) is 6.08 Å². The van der Waals surface area contributed by atoms with Crippen LogP contribution in [0.3, 0.4) is 0 Å². The highest BCUT2D eigenvalue weighted by Gasteiger charge is 2.43. The van der Waals surface area contributed by atoms with Crippen molar-refractivity contribution in [2.75, 3.05) is 39.0 Å². The Morgan fingerprint density at radius 1 is 1.27 bits per heavy atom. The number of nitrogens with zero attached hydrogens (tertiary/aromatic N) is 1. The summed E-state index contributed by atoms with van der Waals surface area (Å²) in [6, 6.07) is 7.03. The second kappa shape index (κ2) is 9.63. The predicted molar refractivity (Wildman–Crippen MR) is 121 cm³/mol. The van der Waals surface area contributed by atoms with Crippen LogP contribution < -0.4 is 10.6 Å². The van der Waals surface area contributed by atoms with Crippen molar-refractivity contribution in [3.63, 3.8) is 0 Å². The molecule has 164 valence electrons. The number of fused-ring (bicyclic) bond motifs is 3. The zero-order chi connectivity index (χ0) is 21.1. The van der Waals surface area contributed by atoms with Crippen molar-refractivity contribution in [3.8, 4) is 0 Å². The van der Waals surface area contributed by atoms with Crippen LogP contribution in [0.25, 0.3) is 0 Å². The van der Waals surface area contributed by atoms with Crippen LogP contribution in [0.4, 0.5) is 10.1 Å². The Labute approximate surface area is 180 Å². The first-order chi connectivity index (χ1) is 14.5. The zero-order valence-corrected chi connectivity index (χ0v) is 18.5. The van der Waals surface area contributed by atoms with Crippen LogP contribution in [0.5, 0.6) is 0 Å². The van der Waals surface area contributed by atoms with Gasteiger partial charge in [0, 0.05) is 48.8 Å². The van der Waals surface area contributed by atoms with Crippen molar-refractivity contribution < 1.29 is 9.13 Å². The van der Waals surface area contributed by atoms with E-state index in [1.54, 1.807) is 12.2 Å². The van der Waals surface area contributed by atoms with Crippen LogP contribution in [0.1, 0.15) is 43.4 Å². The Morgan fingerprint density at radius 3 is 2.87 bits per heavy atom. The SMILES string of the molecule is CCc1ccc2c(c1)[C@H]1O[C@@H](CNCCN(C)C)CC[C@H]1[C@H](C1C=CC(F)=CC1)N2. The van der Waals surface area contributed by atoms with Gasteiger partial charge in [0.25, 0.3) is 0 Å². The molecule has 0 aromatic heterocycles. The summed E-state index contributed by atoms with van der Waals surface area (Å²) in [4.78, 5) is 2.19. The van der Waals surface area contributed by atoms with E-state index in [0.717, 1.165) is 45.3 Å². The van der Waals surface area contributed by atoms with E-state index in [1.165, 1.54) is 16.8 Å². The number of hydrogen-bond donors (Lipinski definition) is 2. The lowest BCUT2D eigenvalue weighted by atomic mass is 9.73. The van der Waals surface area contributed by atoms with Gasteiger partial charge < -0.3 is 20.3 Å². The van der Waals surface area contributed by atoms with Crippen molar-refractivity contribution in [1.82, 2.24) is 10.2 Å². The summed E-state index contributed by atoms with van der Waals surface area (Å²) in [6.45, 7) is 5.11. The van der Waals surface area contributed by atoms with Crippen LogP contribution in [0.15, 0.2) is 42.3 Å². The molecule has 0 spiro atoms. The van der Waals surface area contributed by atoms with Gasteiger partial charge in [-0.25, -0.2) is 4.39 Å². The number of rotatable bonds is 7. The molecule has 0 bridgehead atoms. The first kappa shape index (κ1) is 21.5. The Balaban J connectivity index is 1.52. The van der Waals surface area contributed by atoms with E-state index in [9.17, 15) is 4.39 Å². The first-order valence-corrected chi connectivity index (χ1v) is 11.5. The number of allylic oxidation sites excluding steroid dienone is 3. The smallest absolute Gasteiger partial charge is 0.118 e. The Kier molecular flexibility index (Phi) is 6.91. The molecular formula is C25H36FN3O. The molecule has 5 atom stereocenters. The lowest BCUT2D eigenvalue weighted by Gasteiger charge is -2.47.